The third-order valence-electron chi connectivity index (χ3n) is 5.19. The Morgan fingerprint density at radius 3 is 2.38 bits per heavy atom. The van der Waals surface area contributed by atoms with Gasteiger partial charge in [0.15, 0.2) is 0 Å². The normalized spacial score (nSPS) is 27.8. The molecule has 0 aromatic rings. The molecule has 7 heteroatoms. The van der Waals surface area contributed by atoms with E-state index < -0.39 is 10.2 Å². The van der Waals surface area contributed by atoms with E-state index in [0.717, 1.165) is 38.9 Å². The van der Waals surface area contributed by atoms with Crippen LogP contribution in [0.3, 0.4) is 0 Å². The summed E-state index contributed by atoms with van der Waals surface area (Å²) in [5.41, 5.74) is 0.167. The monoisotopic (exact) mass is 319 g/mol. The summed E-state index contributed by atoms with van der Waals surface area (Å²) in [5, 5.41) is 0. The fourth-order valence-corrected chi connectivity index (χ4v) is 4.71. The second-order valence-corrected chi connectivity index (χ2v) is 8.52. The van der Waals surface area contributed by atoms with Gasteiger partial charge in [-0.05, 0) is 39.7 Å². The van der Waals surface area contributed by atoms with E-state index in [1.807, 2.05) is 6.92 Å². The quantitative estimate of drug-likeness (QED) is 0.751. The average Bonchev–Trinajstić information content (AvgIpc) is 2.74. The molecule has 0 bridgehead atoms. The molecule has 0 N–H and O–H groups in total. The molecule has 0 aromatic carbocycles. The molecule has 1 spiro atoms. The topological polar surface area (TPSA) is 53.1 Å². The second-order valence-electron chi connectivity index (χ2n) is 6.38. The first kappa shape index (κ1) is 17.1. The van der Waals surface area contributed by atoms with E-state index in [1.54, 1.807) is 18.4 Å². The largest absolute Gasteiger partial charge is 0.380 e. The summed E-state index contributed by atoms with van der Waals surface area (Å²) >= 11 is 0. The van der Waals surface area contributed by atoms with E-state index in [9.17, 15) is 8.42 Å². The zero-order valence-corrected chi connectivity index (χ0v) is 14.5. The van der Waals surface area contributed by atoms with E-state index >= 15 is 0 Å². The predicted molar refractivity (Wildman–Crippen MR) is 83.4 cm³/mol. The Kier molecular flexibility index (Phi) is 5.31. The van der Waals surface area contributed by atoms with Crippen LogP contribution in [0.1, 0.15) is 32.6 Å². The lowest BCUT2D eigenvalue weighted by atomic mass is 9.86. The third-order valence-corrected chi connectivity index (χ3v) is 7.13. The molecule has 1 unspecified atom stereocenters. The third kappa shape index (κ3) is 3.27. The number of piperidine rings is 1. The van der Waals surface area contributed by atoms with Crippen molar-refractivity contribution >= 4 is 10.2 Å². The Morgan fingerprint density at radius 1 is 1.24 bits per heavy atom. The van der Waals surface area contributed by atoms with Crippen LogP contribution in [0.2, 0.25) is 0 Å². The van der Waals surface area contributed by atoms with Crippen LogP contribution in [0.15, 0.2) is 0 Å². The zero-order chi connectivity index (χ0) is 15.7. The van der Waals surface area contributed by atoms with Gasteiger partial charge in [-0.3, -0.25) is 4.90 Å². The van der Waals surface area contributed by atoms with E-state index in [-0.39, 0.29) is 5.54 Å². The summed E-state index contributed by atoms with van der Waals surface area (Å²) in [4.78, 5) is 2.45. The lowest BCUT2D eigenvalue weighted by molar-refractivity contribution is 0.0338. The Labute approximate surface area is 129 Å². The van der Waals surface area contributed by atoms with Crippen molar-refractivity contribution < 1.29 is 13.2 Å². The highest BCUT2D eigenvalue weighted by Gasteiger charge is 2.47. The molecule has 0 aromatic heterocycles. The summed E-state index contributed by atoms with van der Waals surface area (Å²) in [6.07, 6.45) is 4.13. The molecule has 2 heterocycles. The molecular weight excluding hydrogens is 290 g/mol. The minimum absolute atomic E-state index is 0.167. The molecule has 6 nitrogen and oxygen atoms in total. The number of hydrogen-bond donors (Lipinski definition) is 0. The first-order valence-electron chi connectivity index (χ1n) is 7.82. The van der Waals surface area contributed by atoms with E-state index in [1.165, 1.54) is 4.31 Å². The van der Waals surface area contributed by atoms with Crippen LogP contribution in [0, 0.1) is 0 Å². The number of ether oxygens (including phenoxy) is 1. The molecular formula is C14H29N3O3S. The van der Waals surface area contributed by atoms with E-state index in [0.29, 0.717) is 19.1 Å². The van der Waals surface area contributed by atoms with Gasteiger partial charge in [-0.1, -0.05) is 0 Å². The number of likely N-dealkylation sites (N-methyl/N-ethyl adjacent to an activating group) is 1. The summed E-state index contributed by atoms with van der Waals surface area (Å²) in [6, 6.07) is 0.474. The SMILES string of the molecule is CCOCC1CCC2(CCN(S(=O)(=O)N(C)C)CC2)N1C. The van der Waals surface area contributed by atoms with Crippen molar-refractivity contribution in [2.45, 2.75) is 44.2 Å². The molecule has 2 saturated heterocycles. The molecule has 2 aliphatic heterocycles. The number of likely N-dealkylation sites (tertiary alicyclic amines) is 1. The smallest absolute Gasteiger partial charge is 0.281 e. The molecule has 2 rings (SSSR count). The fourth-order valence-electron chi connectivity index (χ4n) is 3.61. The van der Waals surface area contributed by atoms with Crippen molar-refractivity contribution in [2.24, 2.45) is 0 Å². The van der Waals surface area contributed by atoms with Crippen LogP contribution < -0.4 is 0 Å². The average molecular weight is 319 g/mol. The molecule has 0 amide bonds. The Bertz CT molecular complexity index is 444. The summed E-state index contributed by atoms with van der Waals surface area (Å²) in [5.74, 6) is 0. The first-order valence-corrected chi connectivity index (χ1v) is 9.21. The molecule has 0 radical (unpaired) electrons. The molecule has 0 saturated carbocycles. The Morgan fingerprint density at radius 2 is 1.86 bits per heavy atom. The Hall–Kier alpha value is -0.210. The van der Waals surface area contributed by atoms with Crippen molar-refractivity contribution in [3.8, 4) is 0 Å². The van der Waals surface area contributed by atoms with E-state index in [2.05, 4.69) is 11.9 Å². The molecule has 2 aliphatic rings. The van der Waals surface area contributed by atoms with Crippen molar-refractivity contribution in [3.05, 3.63) is 0 Å². The lowest BCUT2D eigenvalue weighted by Crippen LogP contribution is -2.55. The maximum Gasteiger partial charge on any atom is 0.281 e. The van der Waals surface area contributed by atoms with Gasteiger partial charge in [0.1, 0.15) is 0 Å². The first-order chi connectivity index (χ1) is 9.83. The lowest BCUT2D eigenvalue weighted by Gasteiger charge is -2.44. The van der Waals surface area contributed by atoms with Gasteiger partial charge in [-0.15, -0.1) is 0 Å². The molecule has 21 heavy (non-hydrogen) atoms. The highest BCUT2D eigenvalue weighted by Crippen LogP contribution is 2.41. The minimum atomic E-state index is -3.27. The highest BCUT2D eigenvalue weighted by atomic mass is 32.2. The predicted octanol–water partition coefficient (Wildman–Crippen LogP) is 0.758. The van der Waals surface area contributed by atoms with Gasteiger partial charge in [0.25, 0.3) is 10.2 Å². The van der Waals surface area contributed by atoms with Gasteiger partial charge >= 0.3 is 0 Å². The van der Waals surface area contributed by atoms with Crippen molar-refractivity contribution in [3.63, 3.8) is 0 Å². The summed E-state index contributed by atoms with van der Waals surface area (Å²) < 4.78 is 32.9. The maximum absolute atomic E-state index is 12.2. The van der Waals surface area contributed by atoms with Crippen LogP contribution in [0.5, 0.6) is 0 Å². The van der Waals surface area contributed by atoms with Gasteiger partial charge in [-0.25, -0.2) is 0 Å². The minimum Gasteiger partial charge on any atom is -0.380 e. The maximum atomic E-state index is 12.2. The molecule has 1 atom stereocenters. The number of nitrogens with zero attached hydrogens (tertiary/aromatic N) is 3. The number of rotatable bonds is 5. The standard InChI is InChI=1S/C14H29N3O3S/c1-5-20-12-13-6-7-14(16(13)4)8-10-17(11-9-14)21(18,19)15(2)3/h13H,5-12H2,1-4H3. The van der Waals surface area contributed by atoms with Gasteiger partial charge < -0.3 is 4.74 Å². The van der Waals surface area contributed by atoms with E-state index in [4.69, 9.17) is 4.74 Å². The van der Waals surface area contributed by atoms with Gasteiger partial charge in [0, 0.05) is 45.4 Å². The van der Waals surface area contributed by atoms with Crippen molar-refractivity contribution in [2.75, 3.05) is 47.4 Å². The summed E-state index contributed by atoms with van der Waals surface area (Å²) in [7, 11) is 2.10. The highest BCUT2D eigenvalue weighted by molar-refractivity contribution is 7.86. The van der Waals surface area contributed by atoms with Crippen LogP contribution in [0.4, 0.5) is 0 Å². The van der Waals surface area contributed by atoms with Gasteiger partial charge in [0.2, 0.25) is 0 Å². The van der Waals surface area contributed by atoms with Crippen molar-refractivity contribution in [1.82, 2.24) is 13.5 Å². The molecule has 2 fully saturated rings. The molecule has 0 aliphatic carbocycles. The number of hydrogen-bond acceptors (Lipinski definition) is 4. The van der Waals surface area contributed by atoms with Crippen LogP contribution in [0.25, 0.3) is 0 Å². The molecule has 124 valence electrons. The Balaban J connectivity index is 1.97. The van der Waals surface area contributed by atoms with Gasteiger partial charge in [0.05, 0.1) is 6.61 Å². The van der Waals surface area contributed by atoms with Crippen LogP contribution in [-0.2, 0) is 14.9 Å². The van der Waals surface area contributed by atoms with Crippen LogP contribution in [-0.4, -0.2) is 81.0 Å². The van der Waals surface area contributed by atoms with Crippen molar-refractivity contribution in [1.29, 1.82) is 0 Å². The van der Waals surface area contributed by atoms with Gasteiger partial charge in [-0.2, -0.15) is 17.0 Å². The fraction of sp³-hybridized carbons (Fsp3) is 1.00. The summed E-state index contributed by atoms with van der Waals surface area (Å²) in [6.45, 7) is 4.80. The zero-order valence-electron chi connectivity index (χ0n) is 13.7. The second kappa shape index (κ2) is 6.50. The van der Waals surface area contributed by atoms with Crippen LogP contribution >= 0.6 is 0 Å².